The van der Waals surface area contributed by atoms with Gasteiger partial charge in [-0.15, -0.1) is 6.42 Å². The van der Waals surface area contributed by atoms with Crippen LogP contribution < -0.4 is 8.37 Å². The fourth-order valence-electron chi connectivity index (χ4n) is 5.23. The van der Waals surface area contributed by atoms with Crippen molar-refractivity contribution in [2.24, 2.45) is 0 Å². The van der Waals surface area contributed by atoms with Gasteiger partial charge in [-0.2, -0.15) is 43.2 Å². The first-order valence-electron chi connectivity index (χ1n) is 17.6. The van der Waals surface area contributed by atoms with Gasteiger partial charge in [0.25, 0.3) is 0 Å². The Labute approximate surface area is 397 Å². The number of rotatable bonds is 4. The predicted molar refractivity (Wildman–Crippen MR) is 249 cm³/mol. The number of hydrogen-bond acceptors (Lipinski definition) is 6. The molecule has 0 aliphatic rings. The number of alkyl halides is 6. The van der Waals surface area contributed by atoms with Crippen LogP contribution in [0.15, 0.2) is 157 Å². The summed E-state index contributed by atoms with van der Waals surface area (Å²) in [5, 5.41) is 1.22. The molecular weight excluding hydrogens is 1150 g/mol. The van der Waals surface area contributed by atoms with Crippen molar-refractivity contribution in [1.82, 2.24) is 0 Å². The minimum atomic E-state index is -6.13. The van der Waals surface area contributed by atoms with E-state index in [0.717, 1.165) is 71.8 Å². The number of terminal acetylenes is 1. The van der Waals surface area contributed by atoms with Crippen LogP contribution in [0.2, 0.25) is 0 Å². The van der Waals surface area contributed by atoms with Gasteiger partial charge in [0.1, 0.15) is 0 Å². The van der Waals surface area contributed by atoms with Crippen LogP contribution in [0.3, 0.4) is 0 Å². The van der Waals surface area contributed by atoms with E-state index in [9.17, 15) is 43.2 Å². The Bertz CT molecular complexity index is 3040. The van der Waals surface area contributed by atoms with Gasteiger partial charge in [-0.1, -0.05) is 96.3 Å². The number of benzene rings is 7. The van der Waals surface area contributed by atoms with Crippen molar-refractivity contribution < 1.29 is 51.5 Å². The average molecular weight is 1170 g/mol. The summed E-state index contributed by atoms with van der Waals surface area (Å²) >= 11 is 12.8. The summed E-state index contributed by atoms with van der Waals surface area (Å²) in [6.07, 6.45) is 5.10. The van der Waals surface area contributed by atoms with Gasteiger partial charge in [0, 0.05) is 47.5 Å². The second kappa shape index (κ2) is 21.2. The summed E-state index contributed by atoms with van der Waals surface area (Å²) in [5.41, 5.74) is -6.72. The largest absolute Gasteiger partial charge is 0.534 e. The zero-order valence-corrected chi connectivity index (χ0v) is 39.9. The average Bonchev–Trinajstić information content (AvgIpc) is 3.25. The molecule has 64 heavy (non-hydrogen) atoms. The zero-order valence-electron chi connectivity index (χ0n) is 31.9. The second-order valence-electron chi connectivity index (χ2n) is 12.5. The molecule has 0 aromatic heterocycles. The molecule has 0 N–H and O–H groups in total. The van der Waals surface area contributed by atoms with Crippen molar-refractivity contribution in [1.29, 1.82) is 0 Å². The third kappa shape index (κ3) is 12.5. The van der Waals surface area contributed by atoms with E-state index in [1.165, 1.54) is 0 Å². The SMILES string of the molecule is Brc1ccc2c(C#Cc3ccccc3)c(Br)ccc2c1C#Cc1ccccc1.C#Cc1ccccc1.O=S(=O)(Oc1c(Br)ccc2c(OS(=O)(=O)C(F)(F)F)c(Br)ccc12)C(F)(F)F. The van der Waals surface area contributed by atoms with Crippen LogP contribution in [-0.4, -0.2) is 27.9 Å². The molecule has 0 radical (unpaired) electrons. The first kappa shape index (κ1) is 49.8. The van der Waals surface area contributed by atoms with E-state index in [4.69, 9.17) is 6.42 Å². The van der Waals surface area contributed by atoms with Crippen LogP contribution in [0.25, 0.3) is 21.5 Å². The topological polar surface area (TPSA) is 86.7 Å². The Kier molecular flexibility index (Phi) is 16.4. The van der Waals surface area contributed by atoms with Crippen LogP contribution in [0.1, 0.15) is 27.8 Å². The molecule has 18 heteroatoms. The fraction of sp³-hybridized carbons (Fsp3) is 0.0435. The van der Waals surface area contributed by atoms with Gasteiger partial charge in [0.05, 0.1) is 8.95 Å². The third-order valence-electron chi connectivity index (χ3n) is 8.21. The maximum atomic E-state index is 12.6. The van der Waals surface area contributed by atoms with E-state index < -0.39 is 53.5 Å². The van der Waals surface area contributed by atoms with Crippen molar-refractivity contribution in [2.75, 3.05) is 0 Å². The first-order valence-corrected chi connectivity index (χ1v) is 23.6. The van der Waals surface area contributed by atoms with Gasteiger partial charge in [0.2, 0.25) is 0 Å². The number of halogens is 10. The molecule has 326 valence electrons. The molecule has 0 amide bonds. The summed E-state index contributed by atoms with van der Waals surface area (Å²) in [4.78, 5) is 0. The summed E-state index contributed by atoms with van der Waals surface area (Å²) in [6.45, 7) is 0. The molecule has 0 bridgehead atoms. The fourth-order valence-corrected chi connectivity index (χ4v) is 8.18. The minimum absolute atomic E-state index is 0.306. The molecule has 6 nitrogen and oxygen atoms in total. The van der Waals surface area contributed by atoms with Crippen molar-refractivity contribution in [3.05, 3.63) is 185 Å². The number of hydrogen-bond donors (Lipinski definition) is 0. The summed E-state index contributed by atoms with van der Waals surface area (Å²) in [5.74, 6) is 13.8. The Hall–Kier alpha value is -5.26. The van der Waals surface area contributed by atoms with Crippen LogP contribution in [-0.2, 0) is 20.2 Å². The van der Waals surface area contributed by atoms with Crippen molar-refractivity contribution in [3.63, 3.8) is 0 Å². The van der Waals surface area contributed by atoms with Crippen LogP contribution in [0, 0.1) is 36.0 Å². The molecule has 7 aromatic rings. The van der Waals surface area contributed by atoms with Crippen LogP contribution in [0.5, 0.6) is 11.5 Å². The van der Waals surface area contributed by atoms with E-state index in [1.54, 1.807) is 0 Å². The smallest absolute Gasteiger partial charge is 0.374 e. The molecule has 0 aliphatic carbocycles. The Morgan fingerprint density at radius 2 is 0.703 bits per heavy atom. The summed E-state index contributed by atoms with van der Waals surface area (Å²) in [7, 11) is -12.3. The molecule has 0 saturated heterocycles. The standard InChI is InChI=1S/C26H14Br2.C12H4Br2F6O6S2.C8H6/c27-25-17-16-22-21(23(25)13-11-19-7-3-1-4-8-19)15-18-26(28)24(22)14-12-20-9-5-2-6-10-20;13-7-3-1-5-6(10(7)26-28(23,24)12(18,19)20)2-4-8(14)9(5)25-27(21,22)11(15,16)17;1-2-8-6-4-3-5-7-8/h1-10,15-18H;1-4H;1,3-7H. The lowest BCUT2D eigenvalue weighted by atomic mass is 10.00. The van der Waals surface area contributed by atoms with E-state index in [1.807, 2.05) is 103 Å². The van der Waals surface area contributed by atoms with Crippen LogP contribution in [0.4, 0.5) is 26.3 Å². The third-order valence-corrected chi connectivity index (χ3v) is 12.7. The molecule has 0 atom stereocenters. The van der Waals surface area contributed by atoms with Gasteiger partial charge in [-0.3, -0.25) is 0 Å². The van der Waals surface area contributed by atoms with Gasteiger partial charge in [-0.05, 0) is 147 Å². The zero-order chi connectivity index (χ0) is 46.9. The first-order chi connectivity index (χ1) is 30.1. The van der Waals surface area contributed by atoms with Crippen molar-refractivity contribution in [2.45, 2.75) is 11.0 Å². The summed E-state index contributed by atoms with van der Waals surface area (Å²) < 4.78 is 130. The maximum absolute atomic E-state index is 12.6. The molecule has 0 aliphatic heterocycles. The van der Waals surface area contributed by atoms with Crippen molar-refractivity contribution in [3.8, 4) is 47.5 Å². The van der Waals surface area contributed by atoms with Gasteiger partial charge in [-0.25, -0.2) is 0 Å². The lowest BCUT2D eigenvalue weighted by Crippen LogP contribution is -2.28. The molecule has 7 aromatic carbocycles. The molecule has 7 rings (SSSR count). The predicted octanol–water partition coefficient (Wildman–Crippen LogP) is 13.7. The molecular formula is C46H24Br4F6O6S2. The molecule has 0 saturated carbocycles. The van der Waals surface area contributed by atoms with Crippen LogP contribution >= 0.6 is 63.7 Å². The van der Waals surface area contributed by atoms with Gasteiger partial charge >= 0.3 is 31.3 Å². The van der Waals surface area contributed by atoms with Gasteiger partial charge < -0.3 is 8.37 Å². The second-order valence-corrected chi connectivity index (χ2v) is 19.0. The van der Waals surface area contributed by atoms with Crippen molar-refractivity contribution >= 4 is 106 Å². The van der Waals surface area contributed by atoms with E-state index in [0.29, 0.717) is 0 Å². The highest BCUT2D eigenvalue weighted by Crippen LogP contribution is 2.44. The highest BCUT2D eigenvalue weighted by Gasteiger charge is 2.50. The summed E-state index contributed by atoms with van der Waals surface area (Å²) in [6, 6.07) is 41.7. The number of fused-ring (bicyclic) bond motifs is 2. The molecule has 0 fully saturated rings. The lowest BCUT2D eigenvalue weighted by molar-refractivity contribution is -0.0505. The van der Waals surface area contributed by atoms with Gasteiger partial charge in [0.15, 0.2) is 11.5 Å². The van der Waals surface area contributed by atoms with E-state index in [-0.39, 0.29) is 8.95 Å². The Morgan fingerprint density at radius 3 is 1.00 bits per heavy atom. The quantitative estimate of drug-likeness (QED) is 0.0755. The molecule has 0 spiro atoms. The highest BCUT2D eigenvalue weighted by molar-refractivity contribution is 9.11. The van der Waals surface area contributed by atoms with E-state index >= 15 is 0 Å². The Balaban J connectivity index is 0.000000205. The molecule has 0 heterocycles. The highest BCUT2D eigenvalue weighted by atomic mass is 79.9. The monoisotopic (exact) mass is 1170 g/mol. The normalized spacial score (nSPS) is 11.3. The molecule has 0 unspecified atom stereocenters. The minimum Gasteiger partial charge on any atom is -0.374 e. The maximum Gasteiger partial charge on any atom is 0.534 e. The lowest BCUT2D eigenvalue weighted by Gasteiger charge is -2.16. The Morgan fingerprint density at radius 1 is 0.406 bits per heavy atom. The van der Waals surface area contributed by atoms with E-state index in [2.05, 4.69) is 114 Å².